The molecule has 1 fully saturated rings. The van der Waals surface area contributed by atoms with Crippen molar-refractivity contribution < 1.29 is 4.39 Å². The summed E-state index contributed by atoms with van der Waals surface area (Å²) in [5.41, 5.74) is 7.91. The average Bonchev–Trinajstić information content (AvgIpc) is 2.60. The predicted octanol–water partition coefficient (Wildman–Crippen LogP) is 3.83. The van der Waals surface area contributed by atoms with Gasteiger partial charge in [0.1, 0.15) is 5.82 Å². The van der Waals surface area contributed by atoms with E-state index in [0.717, 1.165) is 49.4 Å². The van der Waals surface area contributed by atoms with Gasteiger partial charge in [-0.25, -0.2) is 4.39 Å². The maximum Gasteiger partial charge on any atom is 0.146 e. The van der Waals surface area contributed by atoms with Gasteiger partial charge in [0.25, 0.3) is 0 Å². The Bertz CT molecular complexity index is 476. The van der Waals surface area contributed by atoms with Crippen molar-refractivity contribution in [2.24, 2.45) is 5.73 Å². The van der Waals surface area contributed by atoms with Crippen LogP contribution in [-0.4, -0.2) is 29.6 Å². The molecule has 21 heavy (non-hydrogen) atoms. The zero-order valence-electron chi connectivity index (χ0n) is 13.4. The summed E-state index contributed by atoms with van der Waals surface area (Å²) in [7, 11) is 0. The number of benzene rings is 1. The minimum absolute atomic E-state index is 0.100. The molecule has 0 spiro atoms. The number of anilines is 1. The number of rotatable bonds is 4. The molecule has 0 aliphatic carbocycles. The summed E-state index contributed by atoms with van der Waals surface area (Å²) in [6, 6.07) is 5.49. The third-order valence-electron chi connectivity index (χ3n) is 4.23. The third-order valence-corrected chi connectivity index (χ3v) is 5.60. The lowest BCUT2D eigenvalue weighted by Crippen LogP contribution is -2.30. The van der Waals surface area contributed by atoms with Gasteiger partial charge in [-0.3, -0.25) is 0 Å². The lowest BCUT2D eigenvalue weighted by molar-refractivity contribution is 0.592. The molecule has 0 amide bonds. The van der Waals surface area contributed by atoms with E-state index in [9.17, 15) is 4.39 Å². The number of para-hydroxylation sites is 1. The van der Waals surface area contributed by atoms with Crippen molar-refractivity contribution in [2.75, 3.05) is 23.7 Å². The number of hydrogen-bond acceptors (Lipinski definition) is 3. The van der Waals surface area contributed by atoms with E-state index in [2.05, 4.69) is 25.7 Å². The minimum atomic E-state index is -0.111. The van der Waals surface area contributed by atoms with Crippen LogP contribution in [-0.2, 0) is 6.42 Å². The largest absolute Gasteiger partial charge is 0.368 e. The SMILES string of the molecule is CCC(N)Cc1cccc(F)c1N1CCSC(C)(C)CC1. The summed E-state index contributed by atoms with van der Waals surface area (Å²) < 4.78 is 14.7. The maximum absolute atomic E-state index is 14.4. The van der Waals surface area contributed by atoms with Gasteiger partial charge in [-0.05, 0) is 30.9 Å². The van der Waals surface area contributed by atoms with Gasteiger partial charge in [0.2, 0.25) is 0 Å². The van der Waals surface area contributed by atoms with Gasteiger partial charge >= 0.3 is 0 Å². The number of thioether (sulfide) groups is 1. The molecule has 0 saturated carbocycles. The molecule has 0 radical (unpaired) electrons. The quantitative estimate of drug-likeness (QED) is 0.916. The topological polar surface area (TPSA) is 29.3 Å². The molecule has 2 nitrogen and oxygen atoms in total. The summed E-state index contributed by atoms with van der Waals surface area (Å²) >= 11 is 1.98. The second-order valence-electron chi connectivity index (χ2n) is 6.47. The molecule has 1 aliphatic heterocycles. The highest BCUT2D eigenvalue weighted by Crippen LogP contribution is 2.34. The van der Waals surface area contributed by atoms with E-state index < -0.39 is 0 Å². The molecule has 0 bridgehead atoms. The first-order valence-electron chi connectivity index (χ1n) is 7.85. The van der Waals surface area contributed by atoms with Gasteiger partial charge in [0.05, 0.1) is 5.69 Å². The number of hydrogen-bond donors (Lipinski definition) is 1. The van der Waals surface area contributed by atoms with Crippen molar-refractivity contribution >= 4 is 17.4 Å². The summed E-state index contributed by atoms with van der Waals surface area (Å²) in [5.74, 6) is 0.932. The Morgan fingerprint density at radius 3 is 2.86 bits per heavy atom. The van der Waals surface area contributed by atoms with Crippen molar-refractivity contribution in [2.45, 2.75) is 50.8 Å². The smallest absolute Gasteiger partial charge is 0.146 e. The van der Waals surface area contributed by atoms with Gasteiger partial charge in [0.15, 0.2) is 0 Å². The standard InChI is InChI=1S/C17H27FN2S/c1-4-14(19)12-13-6-5-7-15(18)16(13)20-9-8-17(2,3)21-11-10-20/h5-7,14H,4,8-12,19H2,1-3H3. The van der Waals surface area contributed by atoms with Gasteiger partial charge < -0.3 is 10.6 Å². The van der Waals surface area contributed by atoms with Crippen molar-refractivity contribution in [3.05, 3.63) is 29.6 Å². The van der Waals surface area contributed by atoms with Crippen LogP contribution in [0.2, 0.25) is 0 Å². The molecule has 1 aliphatic rings. The van der Waals surface area contributed by atoms with Crippen LogP contribution in [0.15, 0.2) is 18.2 Å². The zero-order chi connectivity index (χ0) is 15.5. The number of halogens is 1. The molecular weight excluding hydrogens is 283 g/mol. The average molecular weight is 310 g/mol. The predicted molar refractivity (Wildman–Crippen MR) is 91.7 cm³/mol. The number of nitrogens with zero attached hydrogens (tertiary/aromatic N) is 1. The molecule has 1 atom stereocenters. The molecule has 2 N–H and O–H groups in total. The van der Waals surface area contributed by atoms with Crippen LogP contribution in [0.4, 0.5) is 10.1 Å². The maximum atomic E-state index is 14.4. The second-order valence-corrected chi connectivity index (χ2v) is 8.27. The van der Waals surface area contributed by atoms with Gasteiger partial charge in [-0.2, -0.15) is 11.8 Å². The monoisotopic (exact) mass is 310 g/mol. The summed E-state index contributed by atoms with van der Waals surface area (Å²) in [6.07, 6.45) is 2.74. The van der Waals surface area contributed by atoms with Crippen molar-refractivity contribution in [3.63, 3.8) is 0 Å². The highest BCUT2D eigenvalue weighted by Gasteiger charge is 2.26. The number of nitrogens with two attached hydrogens (primary N) is 1. The summed E-state index contributed by atoms with van der Waals surface area (Å²) in [5, 5.41) is 0. The zero-order valence-corrected chi connectivity index (χ0v) is 14.2. The first kappa shape index (κ1) is 16.6. The molecule has 2 rings (SSSR count). The van der Waals surface area contributed by atoms with Crippen LogP contribution in [0.3, 0.4) is 0 Å². The van der Waals surface area contributed by atoms with E-state index >= 15 is 0 Å². The van der Waals surface area contributed by atoms with Crippen LogP contribution < -0.4 is 10.6 Å². The van der Waals surface area contributed by atoms with Gasteiger partial charge in [-0.15, -0.1) is 0 Å². The molecule has 1 heterocycles. The van der Waals surface area contributed by atoms with Crippen LogP contribution in [0, 0.1) is 5.82 Å². The van der Waals surface area contributed by atoms with E-state index in [-0.39, 0.29) is 16.6 Å². The van der Waals surface area contributed by atoms with Crippen LogP contribution >= 0.6 is 11.8 Å². The molecule has 118 valence electrons. The molecule has 0 aromatic heterocycles. The Balaban J connectivity index is 2.25. The van der Waals surface area contributed by atoms with Crippen LogP contribution in [0.5, 0.6) is 0 Å². The molecule has 4 heteroatoms. The highest BCUT2D eigenvalue weighted by molar-refractivity contribution is 8.00. The fourth-order valence-electron chi connectivity index (χ4n) is 2.75. The van der Waals surface area contributed by atoms with Crippen LogP contribution in [0.1, 0.15) is 39.2 Å². The third kappa shape index (κ3) is 4.36. The van der Waals surface area contributed by atoms with E-state index in [1.165, 1.54) is 0 Å². The van der Waals surface area contributed by atoms with E-state index in [0.29, 0.717) is 0 Å². The summed E-state index contributed by atoms with van der Waals surface area (Å²) in [6.45, 7) is 8.44. The lowest BCUT2D eigenvalue weighted by Gasteiger charge is -2.27. The lowest BCUT2D eigenvalue weighted by atomic mass is 10.0. The molecule has 1 aromatic rings. The van der Waals surface area contributed by atoms with Crippen molar-refractivity contribution in [1.29, 1.82) is 0 Å². The van der Waals surface area contributed by atoms with Crippen LogP contribution in [0.25, 0.3) is 0 Å². The Morgan fingerprint density at radius 2 is 2.14 bits per heavy atom. The van der Waals surface area contributed by atoms with Crippen molar-refractivity contribution in [3.8, 4) is 0 Å². The molecule has 1 unspecified atom stereocenters. The highest BCUT2D eigenvalue weighted by atomic mass is 32.2. The van der Waals surface area contributed by atoms with Gasteiger partial charge in [0, 0.05) is 29.6 Å². The van der Waals surface area contributed by atoms with E-state index in [1.807, 2.05) is 17.8 Å². The minimum Gasteiger partial charge on any atom is -0.368 e. The first-order chi connectivity index (χ1) is 9.93. The Labute approximate surface area is 132 Å². The fraction of sp³-hybridized carbons (Fsp3) is 0.647. The molecular formula is C17H27FN2S. The fourth-order valence-corrected chi connectivity index (χ4v) is 3.85. The van der Waals surface area contributed by atoms with E-state index in [1.54, 1.807) is 12.1 Å². The molecule has 1 aromatic carbocycles. The molecule has 1 saturated heterocycles. The second kappa shape index (κ2) is 7.01. The Hall–Kier alpha value is -0.740. The van der Waals surface area contributed by atoms with Crippen molar-refractivity contribution in [1.82, 2.24) is 0 Å². The summed E-state index contributed by atoms with van der Waals surface area (Å²) in [4.78, 5) is 2.22. The first-order valence-corrected chi connectivity index (χ1v) is 8.83. The Morgan fingerprint density at radius 1 is 1.38 bits per heavy atom. The van der Waals surface area contributed by atoms with E-state index in [4.69, 9.17) is 5.73 Å². The Kier molecular flexibility index (Phi) is 5.55. The van der Waals surface area contributed by atoms with Gasteiger partial charge in [-0.1, -0.05) is 32.9 Å². The normalized spacial score (nSPS) is 20.1.